The molecule has 2 atom stereocenters. The molecule has 0 radical (unpaired) electrons. The van der Waals surface area contributed by atoms with Crippen molar-refractivity contribution >= 4 is 5.91 Å². The van der Waals surface area contributed by atoms with Gasteiger partial charge in [-0.1, -0.05) is 37.3 Å². The summed E-state index contributed by atoms with van der Waals surface area (Å²) in [5.74, 6) is -0.571. The number of hydrogen-bond donors (Lipinski definition) is 1. The van der Waals surface area contributed by atoms with Gasteiger partial charge in [-0.2, -0.15) is 0 Å². The topological polar surface area (TPSA) is 38.3 Å². The van der Waals surface area contributed by atoms with Crippen molar-refractivity contribution in [1.29, 1.82) is 0 Å². The molecule has 0 heterocycles. The van der Waals surface area contributed by atoms with Crippen LogP contribution < -0.4 is 10.1 Å². The number of nitrogens with one attached hydrogen (secondary N) is 1. The maximum atomic E-state index is 13.8. The molecule has 2 aromatic rings. The molecule has 0 unspecified atom stereocenters. The number of para-hydroxylation sites is 1. The number of aryl methyl sites for hydroxylation is 2. The van der Waals surface area contributed by atoms with Gasteiger partial charge in [0.25, 0.3) is 5.91 Å². The van der Waals surface area contributed by atoms with Crippen LogP contribution in [0.4, 0.5) is 4.39 Å². The zero-order valence-electron chi connectivity index (χ0n) is 15.4. The SMILES string of the molecule is CC[C@H](Oc1ccccc1F)C(=O)N[C@@H](C)c1ccc2c(c1)CCCC2. The van der Waals surface area contributed by atoms with Gasteiger partial charge in [-0.05, 0) is 67.9 Å². The summed E-state index contributed by atoms with van der Waals surface area (Å²) in [6, 6.07) is 12.5. The second kappa shape index (κ2) is 8.35. The maximum Gasteiger partial charge on any atom is 0.261 e. The lowest BCUT2D eigenvalue weighted by Gasteiger charge is -2.23. The monoisotopic (exact) mass is 355 g/mol. The molecule has 26 heavy (non-hydrogen) atoms. The van der Waals surface area contributed by atoms with E-state index in [1.54, 1.807) is 12.1 Å². The van der Waals surface area contributed by atoms with E-state index < -0.39 is 11.9 Å². The zero-order valence-corrected chi connectivity index (χ0v) is 15.4. The van der Waals surface area contributed by atoms with E-state index in [1.165, 1.54) is 36.1 Å². The summed E-state index contributed by atoms with van der Waals surface area (Å²) in [5, 5.41) is 3.01. The normalized spacial score (nSPS) is 15.7. The summed E-state index contributed by atoms with van der Waals surface area (Å²) in [6.07, 6.45) is 4.49. The van der Waals surface area contributed by atoms with Crippen molar-refractivity contribution in [2.45, 2.75) is 58.1 Å². The van der Waals surface area contributed by atoms with E-state index in [0.29, 0.717) is 6.42 Å². The van der Waals surface area contributed by atoms with Crippen molar-refractivity contribution < 1.29 is 13.9 Å². The van der Waals surface area contributed by atoms with Crippen LogP contribution >= 0.6 is 0 Å². The number of carbonyl (C=O) groups is 1. The number of amides is 1. The first-order chi connectivity index (χ1) is 12.6. The van der Waals surface area contributed by atoms with Crippen LogP contribution in [0.1, 0.15) is 55.8 Å². The Bertz CT molecular complexity index is 774. The Morgan fingerprint density at radius 2 is 1.88 bits per heavy atom. The molecule has 4 heteroatoms. The molecule has 0 spiro atoms. The average molecular weight is 355 g/mol. The van der Waals surface area contributed by atoms with Gasteiger partial charge in [-0.3, -0.25) is 4.79 Å². The highest BCUT2D eigenvalue weighted by Gasteiger charge is 2.22. The van der Waals surface area contributed by atoms with E-state index in [1.807, 2.05) is 13.8 Å². The van der Waals surface area contributed by atoms with Crippen molar-refractivity contribution in [2.75, 3.05) is 0 Å². The molecular weight excluding hydrogens is 329 g/mol. The molecule has 1 aliphatic carbocycles. The number of fused-ring (bicyclic) bond motifs is 1. The third kappa shape index (κ3) is 4.24. The lowest BCUT2D eigenvalue weighted by Crippen LogP contribution is -2.39. The fraction of sp³-hybridized carbons (Fsp3) is 0.409. The predicted octanol–water partition coefficient (Wildman–Crippen LogP) is 4.74. The Hall–Kier alpha value is -2.36. The van der Waals surface area contributed by atoms with Gasteiger partial charge in [0.15, 0.2) is 17.7 Å². The molecule has 2 aromatic carbocycles. The molecular formula is C22H26FNO2. The smallest absolute Gasteiger partial charge is 0.261 e. The van der Waals surface area contributed by atoms with E-state index in [2.05, 4.69) is 23.5 Å². The number of halogens is 1. The van der Waals surface area contributed by atoms with Crippen molar-refractivity contribution in [3.63, 3.8) is 0 Å². The van der Waals surface area contributed by atoms with Crippen LogP contribution in [0.3, 0.4) is 0 Å². The summed E-state index contributed by atoms with van der Waals surface area (Å²) in [6.45, 7) is 3.83. The highest BCUT2D eigenvalue weighted by molar-refractivity contribution is 5.81. The van der Waals surface area contributed by atoms with Crippen LogP contribution in [0.25, 0.3) is 0 Å². The Kier molecular flexibility index (Phi) is 5.92. The Morgan fingerprint density at radius 1 is 1.15 bits per heavy atom. The molecule has 0 aliphatic heterocycles. The molecule has 0 bridgehead atoms. The molecule has 1 aliphatic rings. The number of ether oxygens (including phenoxy) is 1. The standard InChI is InChI=1S/C22H26FNO2/c1-3-20(26-21-11-7-6-10-19(21)23)22(25)24-15(2)17-13-12-16-8-4-5-9-18(16)14-17/h6-7,10-15,20H,3-5,8-9H2,1-2H3,(H,24,25)/t15-,20-/m0/s1. The Labute approximate surface area is 154 Å². The first-order valence-electron chi connectivity index (χ1n) is 9.41. The fourth-order valence-electron chi connectivity index (χ4n) is 3.43. The van der Waals surface area contributed by atoms with Crippen LogP contribution in [0.5, 0.6) is 5.75 Å². The van der Waals surface area contributed by atoms with Crippen molar-refractivity contribution in [1.82, 2.24) is 5.32 Å². The minimum atomic E-state index is -0.716. The van der Waals surface area contributed by atoms with Gasteiger partial charge in [-0.25, -0.2) is 4.39 Å². The summed E-state index contributed by atoms with van der Waals surface area (Å²) in [7, 11) is 0. The first-order valence-corrected chi connectivity index (χ1v) is 9.41. The minimum absolute atomic E-state index is 0.107. The van der Waals surface area contributed by atoms with Gasteiger partial charge in [0.1, 0.15) is 0 Å². The summed E-state index contributed by atoms with van der Waals surface area (Å²) >= 11 is 0. The fourth-order valence-corrected chi connectivity index (χ4v) is 3.43. The Balaban J connectivity index is 1.66. The van der Waals surface area contributed by atoms with Crippen LogP contribution in [-0.2, 0) is 17.6 Å². The first kappa shape index (κ1) is 18.4. The molecule has 0 saturated carbocycles. The van der Waals surface area contributed by atoms with Gasteiger partial charge in [0.05, 0.1) is 6.04 Å². The number of carbonyl (C=O) groups excluding carboxylic acids is 1. The Morgan fingerprint density at radius 3 is 2.62 bits per heavy atom. The second-order valence-corrected chi connectivity index (χ2v) is 6.91. The van der Waals surface area contributed by atoms with Crippen LogP contribution in [-0.4, -0.2) is 12.0 Å². The lowest BCUT2D eigenvalue weighted by molar-refractivity contribution is -0.128. The highest BCUT2D eigenvalue weighted by atomic mass is 19.1. The summed E-state index contributed by atoms with van der Waals surface area (Å²) < 4.78 is 19.4. The van der Waals surface area contributed by atoms with E-state index in [4.69, 9.17) is 4.74 Å². The molecule has 0 aromatic heterocycles. The molecule has 3 nitrogen and oxygen atoms in total. The molecule has 0 fully saturated rings. The molecule has 138 valence electrons. The quantitative estimate of drug-likeness (QED) is 0.813. The third-order valence-electron chi connectivity index (χ3n) is 5.00. The van der Waals surface area contributed by atoms with Crippen molar-refractivity contribution in [2.24, 2.45) is 0 Å². The summed E-state index contributed by atoms with van der Waals surface area (Å²) in [5.41, 5.74) is 3.91. The van der Waals surface area contributed by atoms with Gasteiger partial charge in [0, 0.05) is 0 Å². The number of benzene rings is 2. The third-order valence-corrected chi connectivity index (χ3v) is 5.00. The highest BCUT2D eigenvalue weighted by Crippen LogP contribution is 2.25. The molecule has 1 amide bonds. The van der Waals surface area contributed by atoms with Gasteiger partial charge in [0.2, 0.25) is 0 Å². The van der Waals surface area contributed by atoms with E-state index in [0.717, 1.165) is 18.4 Å². The maximum absolute atomic E-state index is 13.8. The van der Waals surface area contributed by atoms with E-state index in [-0.39, 0.29) is 17.7 Å². The van der Waals surface area contributed by atoms with Crippen molar-refractivity contribution in [3.8, 4) is 5.75 Å². The summed E-state index contributed by atoms with van der Waals surface area (Å²) in [4.78, 5) is 12.6. The largest absolute Gasteiger partial charge is 0.478 e. The van der Waals surface area contributed by atoms with E-state index >= 15 is 0 Å². The number of rotatable bonds is 6. The van der Waals surface area contributed by atoms with Gasteiger partial charge >= 0.3 is 0 Å². The molecule has 3 rings (SSSR count). The molecule has 0 saturated heterocycles. The zero-order chi connectivity index (χ0) is 18.5. The second-order valence-electron chi connectivity index (χ2n) is 6.91. The number of hydrogen-bond acceptors (Lipinski definition) is 2. The van der Waals surface area contributed by atoms with Crippen molar-refractivity contribution in [3.05, 3.63) is 65.0 Å². The van der Waals surface area contributed by atoms with Gasteiger partial charge in [-0.15, -0.1) is 0 Å². The van der Waals surface area contributed by atoms with Crippen LogP contribution in [0.15, 0.2) is 42.5 Å². The predicted molar refractivity (Wildman–Crippen MR) is 101 cm³/mol. The van der Waals surface area contributed by atoms with Gasteiger partial charge < -0.3 is 10.1 Å². The lowest BCUT2D eigenvalue weighted by atomic mass is 9.89. The van der Waals surface area contributed by atoms with Crippen LogP contribution in [0.2, 0.25) is 0 Å². The average Bonchev–Trinajstić information content (AvgIpc) is 2.66. The van der Waals surface area contributed by atoms with Crippen LogP contribution in [0, 0.1) is 5.82 Å². The molecule has 1 N–H and O–H groups in total. The van der Waals surface area contributed by atoms with E-state index in [9.17, 15) is 9.18 Å². The minimum Gasteiger partial charge on any atom is -0.478 e.